The van der Waals surface area contributed by atoms with Gasteiger partial charge in [-0.25, -0.2) is 0 Å². The van der Waals surface area contributed by atoms with Crippen LogP contribution in [0.3, 0.4) is 0 Å². The zero-order chi connectivity index (χ0) is 18.0. The molecule has 0 aromatic heterocycles. The number of Topliss-reactive ketones (excluding diaryl/α,β-unsaturated/α-hetero) is 1. The van der Waals surface area contributed by atoms with E-state index in [4.69, 9.17) is 0 Å². The van der Waals surface area contributed by atoms with Crippen molar-refractivity contribution in [3.8, 4) is 0 Å². The molecule has 138 valence electrons. The number of hydrogen-bond acceptors (Lipinski definition) is 1. The number of aryl methyl sites for hydroxylation is 1. The predicted molar refractivity (Wildman–Crippen MR) is 110 cm³/mol. The molecule has 0 amide bonds. The Kier molecular flexibility index (Phi) is 3.46. The Hall–Kier alpha value is -1.89. The van der Waals surface area contributed by atoms with Crippen molar-refractivity contribution in [1.82, 2.24) is 0 Å². The summed E-state index contributed by atoms with van der Waals surface area (Å²) in [6.45, 7) is 0. The number of ketones is 1. The Morgan fingerprint density at radius 1 is 1.04 bits per heavy atom. The van der Waals surface area contributed by atoms with E-state index in [9.17, 15) is 4.79 Å². The number of carbonyl (C=O) groups excluding carboxylic acids is 1. The lowest BCUT2D eigenvalue weighted by Crippen LogP contribution is -2.39. The van der Waals surface area contributed by atoms with E-state index in [-0.39, 0.29) is 5.41 Å². The minimum atomic E-state index is -0.0649. The van der Waals surface area contributed by atoms with E-state index in [0.29, 0.717) is 17.6 Å². The summed E-state index contributed by atoms with van der Waals surface area (Å²) in [5, 5.41) is 2.70. The molecule has 4 aliphatic carbocycles. The molecule has 1 spiro atoms. The normalized spacial score (nSPS) is 30.1. The van der Waals surface area contributed by atoms with Crippen LogP contribution < -0.4 is 0 Å². The van der Waals surface area contributed by atoms with Gasteiger partial charge in [-0.3, -0.25) is 4.79 Å². The van der Waals surface area contributed by atoms with Gasteiger partial charge in [0.2, 0.25) is 0 Å². The van der Waals surface area contributed by atoms with Gasteiger partial charge >= 0.3 is 0 Å². The van der Waals surface area contributed by atoms with Gasteiger partial charge in [0.15, 0.2) is 5.78 Å². The number of fused-ring (bicyclic) bond motifs is 5. The molecule has 2 unspecified atom stereocenters. The van der Waals surface area contributed by atoms with Crippen LogP contribution in [0.4, 0.5) is 0 Å². The first-order chi connectivity index (χ1) is 13.2. The topological polar surface area (TPSA) is 17.1 Å². The van der Waals surface area contributed by atoms with E-state index in [2.05, 4.69) is 36.4 Å². The van der Waals surface area contributed by atoms with E-state index in [1.165, 1.54) is 60.4 Å². The maximum atomic E-state index is 13.7. The maximum absolute atomic E-state index is 13.7. The Bertz CT molecular complexity index is 975. The lowest BCUT2D eigenvalue weighted by atomic mass is 9.63. The zero-order valence-corrected chi connectivity index (χ0v) is 16.1. The lowest BCUT2D eigenvalue weighted by Gasteiger charge is -2.39. The van der Waals surface area contributed by atoms with Crippen LogP contribution >= 0.6 is 0 Å². The molecule has 2 saturated carbocycles. The summed E-state index contributed by atoms with van der Waals surface area (Å²) in [7, 11) is 0. The molecule has 2 atom stereocenters. The Morgan fingerprint density at radius 3 is 2.70 bits per heavy atom. The van der Waals surface area contributed by atoms with Gasteiger partial charge in [-0.2, -0.15) is 0 Å². The molecule has 1 nitrogen and oxygen atoms in total. The van der Waals surface area contributed by atoms with Crippen LogP contribution in [0.15, 0.2) is 42.0 Å². The maximum Gasteiger partial charge on any atom is 0.169 e. The van der Waals surface area contributed by atoms with Crippen molar-refractivity contribution in [3.63, 3.8) is 0 Å². The molecule has 27 heavy (non-hydrogen) atoms. The molecule has 0 heterocycles. The van der Waals surface area contributed by atoms with Crippen molar-refractivity contribution >= 4 is 16.6 Å². The highest BCUT2D eigenvalue weighted by Crippen LogP contribution is 2.58. The summed E-state index contributed by atoms with van der Waals surface area (Å²) in [6, 6.07) is 11.5. The molecule has 1 heteroatoms. The summed E-state index contributed by atoms with van der Waals surface area (Å²) in [5.74, 6) is 1.73. The molecule has 0 radical (unpaired) electrons. The average Bonchev–Trinajstić information content (AvgIpc) is 3.32. The second-order valence-electron chi connectivity index (χ2n) is 9.57. The molecule has 0 aliphatic heterocycles. The van der Waals surface area contributed by atoms with Crippen molar-refractivity contribution in [2.24, 2.45) is 11.3 Å². The highest BCUT2D eigenvalue weighted by atomic mass is 16.1. The van der Waals surface area contributed by atoms with Crippen LogP contribution in [-0.2, 0) is 6.42 Å². The molecule has 6 rings (SSSR count). The third kappa shape index (κ3) is 2.27. The van der Waals surface area contributed by atoms with E-state index >= 15 is 0 Å². The zero-order valence-electron chi connectivity index (χ0n) is 16.1. The van der Waals surface area contributed by atoms with Crippen LogP contribution in [0.5, 0.6) is 0 Å². The molecule has 4 aliphatic rings. The highest BCUT2D eigenvalue weighted by Gasteiger charge is 2.53. The van der Waals surface area contributed by atoms with Gasteiger partial charge in [-0.1, -0.05) is 55.2 Å². The Morgan fingerprint density at radius 2 is 1.93 bits per heavy atom. The Labute approximate surface area is 161 Å². The van der Waals surface area contributed by atoms with Crippen LogP contribution in [0.25, 0.3) is 10.8 Å². The fourth-order valence-corrected chi connectivity index (χ4v) is 6.79. The molecule has 2 bridgehead atoms. The van der Waals surface area contributed by atoms with E-state index in [1.807, 2.05) is 0 Å². The van der Waals surface area contributed by atoms with E-state index in [0.717, 1.165) is 31.2 Å². The van der Waals surface area contributed by atoms with Crippen LogP contribution in [0.2, 0.25) is 0 Å². The monoisotopic (exact) mass is 356 g/mol. The number of allylic oxidation sites excluding steroid dienone is 2. The summed E-state index contributed by atoms with van der Waals surface area (Å²) in [5.41, 5.74) is 5.35. The number of rotatable bonds is 1. The smallest absolute Gasteiger partial charge is 0.169 e. The minimum absolute atomic E-state index is 0.0649. The summed E-state index contributed by atoms with van der Waals surface area (Å²) < 4.78 is 0. The Balaban J connectivity index is 1.48. The van der Waals surface area contributed by atoms with Crippen molar-refractivity contribution in [2.45, 2.75) is 70.1 Å². The average molecular weight is 357 g/mol. The molecular weight excluding hydrogens is 328 g/mol. The fraction of sp³-hybridized carbons (Fsp3) is 0.500. The van der Waals surface area contributed by atoms with Crippen LogP contribution in [0, 0.1) is 11.3 Å². The molecule has 0 saturated heterocycles. The van der Waals surface area contributed by atoms with Crippen molar-refractivity contribution in [3.05, 3.63) is 58.7 Å². The van der Waals surface area contributed by atoms with Gasteiger partial charge in [0.25, 0.3) is 0 Å². The van der Waals surface area contributed by atoms with Gasteiger partial charge in [-0.15, -0.1) is 0 Å². The first-order valence-corrected chi connectivity index (χ1v) is 11.0. The SMILES string of the molecule is O=C1c2cc3c(C4CCCCC4)cccc3cc2CCC12CC1=CCC2C1. The molecule has 2 aromatic rings. The first kappa shape index (κ1) is 16.1. The first-order valence-electron chi connectivity index (χ1n) is 11.0. The van der Waals surface area contributed by atoms with Gasteiger partial charge in [-0.05, 0) is 84.7 Å². The standard InChI is InChI=1S/C26H28O/c27-25-24-15-23-19(7-4-8-22(23)18-5-2-1-3-6-18)14-20(24)11-12-26(25)16-17-9-10-21(26)13-17/h4,7-9,14-15,18,21H,1-3,5-6,10-13,16H2. The van der Waals surface area contributed by atoms with Crippen molar-refractivity contribution < 1.29 is 4.79 Å². The van der Waals surface area contributed by atoms with E-state index in [1.54, 1.807) is 5.57 Å². The summed E-state index contributed by atoms with van der Waals surface area (Å²) >= 11 is 0. The molecule has 0 N–H and O–H groups in total. The van der Waals surface area contributed by atoms with Gasteiger partial charge in [0.05, 0.1) is 0 Å². The van der Waals surface area contributed by atoms with Gasteiger partial charge in [0, 0.05) is 11.0 Å². The third-order valence-electron chi connectivity index (χ3n) is 8.24. The number of carbonyl (C=O) groups is 1. The largest absolute Gasteiger partial charge is 0.294 e. The predicted octanol–water partition coefficient (Wildman–Crippen LogP) is 6.74. The third-order valence-corrected chi connectivity index (χ3v) is 8.24. The lowest BCUT2D eigenvalue weighted by molar-refractivity contribution is 0.0671. The van der Waals surface area contributed by atoms with Crippen molar-refractivity contribution in [2.75, 3.05) is 0 Å². The molecule has 2 fully saturated rings. The number of hydrogen-bond donors (Lipinski definition) is 0. The van der Waals surface area contributed by atoms with E-state index < -0.39 is 0 Å². The summed E-state index contributed by atoms with van der Waals surface area (Å²) in [4.78, 5) is 13.7. The second kappa shape index (κ2) is 5.80. The highest BCUT2D eigenvalue weighted by molar-refractivity contribution is 6.07. The minimum Gasteiger partial charge on any atom is -0.294 e. The molecular formula is C26H28O. The van der Waals surface area contributed by atoms with Crippen LogP contribution in [-0.4, -0.2) is 5.78 Å². The fourth-order valence-electron chi connectivity index (χ4n) is 6.79. The van der Waals surface area contributed by atoms with Crippen molar-refractivity contribution in [1.29, 1.82) is 0 Å². The summed E-state index contributed by atoms with van der Waals surface area (Å²) in [6.07, 6.45) is 14.6. The molecule has 2 aromatic carbocycles. The van der Waals surface area contributed by atoms with Gasteiger partial charge in [0.1, 0.15) is 0 Å². The second-order valence-corrected chi connectivity index (χ2v) is 9.57. The number of benzene rings is 2. The van der Waals surface area contributed by atoms with Crippen LogP contribution in [0.1, 0.15) is 85.2 Å². The quantitative estimate of drug-likeness (QED) is 0.517. The van der Waals surface area contributed by atoms with Gasteiger partial charge < -0.3 is 0 Å².